The Labute approximate surface area is 114 Å². The van der Waals surface area contributed by atoms with Crippen LogP contribution in [0, 0.1) is 0 Å². The van der Waals surface area contributed by atoms with Gasteiger partial charge in [-0.15, -0.1) is 0 Å². The van der Waals surface area contributed by atoms with Gasteiger partial charge in [0, 0.05) is 31.9 Å². The Morgan fingerprint density at radius 3 is 2.63 bits per heavy atom. The fourth-order valence-electron chi connectivity index (χ4n) is 3.36. The first-order valence-electron chi connectivity index (χ1n) is 7.30. The van der Waals surface area contributed by atoms with Crippen LogP contribution in [0.2, 0.25) is 0 Å². The summed E-state index contributed by atoms with van der Waals surface area (Å²) < 4.78 is 8.14. The summed E-state index contributed by atoms with van der Waals surface area (Å²) in [7, 11) is 0. The SMILES string of the molecule is CC(C)n1cncc1C(CN)N1CC2CCC(C1)O2. The van der Waals surface area contributed by atoms with E-state index in [4.69, 9.17) is 10.5 Å². The van der Waals surface area contributed by atoms with Crippen molar-refractivity contribution in [2.75, 3.05) is 19.6 Å². The molecule has 2 saturated heterocycles. The second-order valence-electron chi connectivity index (χ2n) is 5.98. The molecule has 3 atom stereocenters. The van der Waals surface area contributed by atoms with E-state index in [1.54, 1.807) is 0 Å². The van der Waals surface area contributed by atoms with Gasteiger partial charge in [-0.3, -0.25) is 4.90 Å². The standard InChI is InChI=1S/C14H24N4O/c1-10(2)18-9-16-6-14(18)13(5-15)17-7-11-3-4-12(8-17)19-11/h6,9-13H,3-5,7-8,15H2,1-2H3. The lowest BCUT2D eigenvalue weighted by Gasteiger charge is -2.38. The van der Waals surface area contributed by atoms with Crippen LogP contribution in [0.15, 0.2) is 12.5 Å². The first-order chi connectivity index (χ1) is 9.19. The molecule has 3 heterocycles. The molecule has 0 saturated carbocycles. The average Bonchev–Trinajstić information content (AvgIpc) is 2.98. The zero-order valence-electron chi connectivity index (χ0n) is 11.8. The van der Waals surface area contributed by atoms with Gasteiger partial charge in [0.2, 0.25) is 0 Å². The summed E-state index contributed by atoms with van der Waals surface area (Å²) in [5.41, 5.74) is 7.29. The second-order valence-corrected chi connectivity index (χ2v) is 5.98. The van der Waals surface area contributed by atoms with Gasteiger partial charge in [-0.25, -0.2) is 4.98 Å². The summed E-state index contributed by atoms with van der Waals surface area (Å²) in [6.07, 6.45) is 7.09. The maximum absolute atomic E-state index is 6.05. The lowest BCUT2D eigenvalue weighted by Crippen LogP contribution is -2.46. The van der Waals surface area contributed by atoms with E-state index in [2.05, 4.69) is 28.3 Å². The largest absolute Gasteiger partial charge is 0.372 e. The fourth-order valence-corrected chi connectivity index (χ4v) is 3.36. The number of nitrogens with zero attached hydrogens (tertiary/aromatic N) is 3. The fraction of sp³-hybridized carbons (Fsp3) is 0.786. The number of nitrogens with two attached hydrogens (primary N) is 1. The molecule has 2 aliphatic rings. The van der Waals surface area contributed by atoms with Gasteiger partial charge < -0.3 is 15.0 Å². The summed E-state index contributed by atoms with van der Waals surface area (Å²) in [6, 6.07) is 0.682. The Kier molecular flexibility index (Phi) is 3.60. The quantitative estimate of drug-likeness (QED) is 0.891. The summed E-state index contributed by atoms with van der Waals surface area (Å²) in [6.45, 7) is 7.00. The van der Waals surface area contributed by atoms with E-state index in [0.29, 0.717) is 24.8 Å². The van der Waals surface area contributed by atoms with Crippen molar-refractivity contribution in [3.8, 4) is 0 Å². The molecule has 0 amide bonds. The van der Waals surface area contributed by atoms with E-state index < -0.39 is 0 Å². The molecule has 2 N–H and O–H groups in total. The van der Waals surface area contributed by atoms with Gasteiger partial charge in [-0.05, 0) is 26.7 Å². The molecular weight excluding hydrogens is 240 g/mol. The van der Waals surface area contributed by atoms with E-state index in [1.807, 2.05) is 12.5 Å². The molecule has 5 heteroatoms. The topological polar surface area (TPSA) is 56.3 Å². The summed E-state index contributed by atoms with van der Waals surface area (Å²) in [4.78, 5) is 6.80. The van der Waals surface area contributed by atoms with Crippen molar-refractivity contribution < 1.29 is 4.74 Å². The predicted octanol–water partition coefficient (Wildman–Crippen LogP) is 1.33. The molecule has 19 heavy (non-hydrogen) atoms. The molecule has 0 aliphatic carbocycles. The molecule has 5 nitrogen and oxygen atoms in total. The smallest absolute Gasteiger partial charge is 0.0951 e. The molecule has 0 spiro atoms. The van der Waals surface area contributed by atoms with Gasteiger partial charge in [0.15, 0.2) is 0 Å². The van der Waals surface area contributed by atoms with Gasteiger partial charge in [-0.2, -0.15) is 0 Å². The molecule has 2 fully saturated rings. The lowest BCUT2D eigenvalue weighted by atomic mass is 10.1. The van der Waals surface area contributed by atoms with Gasteiger partial charge in [-0.1, -0.05) is 0 Å². The first kappa shape index (κ1) is 13.1. The average molecular weight is 264 g/mol. The summed E-state index contributed by atoms with van der Waals surface area (Å²) in [5.74, 6) is 0. The number of fused-ring (bicyclic) bond motifs is 2. The molecule has 0 radical (unpaired) electrons. The highest BCUT2D eigenvalue weighted by Crippen LogP contribution is 2.32. The van der Waals surface area contributed by atoms with Crippen molar-refractivity contribution in [3.63, 3.8) is 0 Å². The van der Waals surface area contributed by atoms with Crippen LogP contribution in [0.25, 0.3) is 0 Å². The van der Waals surface area contributed by atoms with Gasteiger partial charge in [0.25, 0.3) is 0 Å². The van der Waals surface area contributed by atoms with Crippen molar-refractivity contribution in [2.24, 2.45) is 5.73 Å². The number of rotatable bonds is 4. The van der Waals surface area contributed by atoms with Crippen LogP contribution >= 0.6 is 0 Å². The maximum atomic E-state index is 6.05. The minimum atomic E-state index is 0.261. The predicted molar refractivity (Wildman–Crippen MR) is 73.9 cm³/mol. The molecule has 2 aliphatic heterocycles. The van der Waals surface area contributed by atoms with Gasteiger partial charge in [0.05, 0.1) is 30.3 Å². The molecule has 1 aromatic heterocycles. The normalized spacial score (nSPS) is 29.1. The van der Waals surface area contributed by atoms with E-state index in [9.17, 15) is 0 Å². The van der Waals surface area contributed by atoms with Gasteiger partial charge >= 0.3 is 0 Å². The van der Waals surface area contributed by atoms with Crippen molar-refractivity contribution in [2.45, 2.75) is 51.0 Å². The highest BCUT2D eigenvalue weighted by atomic mass is 16.5. The maximum Gasteiger partial charge on any atom is 0.0951 e. The zero-order chi connectivity index (χ0) is 13.4. The Balaban J connectivity index is 1.82. The zero-order valence-corrected chi connectivity index (χ0v) is 11.8. The molecule has 2 bridgehead atoms. The van der Waals surface area contributed by atoms with Crippen LogP contribution in [-0.4, -0.2) is 46.3 Å². The van der Waals surface area contributed by atoms with E-state index >= 15 is 0 Å². The number of imidazole rings is 1. The van der Waals surface area contributed by atoms with Gasteiger partial charge in [0.1, 0.15) is 0 Å². The number of aromatic nitrogens is 2. The molecule has 3 rings (SSSR count). The molecule has 0 aromatic carbocycles. The Hall–Kier alpha value is -0.910. The monoisotopic (exact) mass is 264 g/mol. The number of ether oxygens (including phenoxy) is 1. The van der Waals surface area contributed by atoms with Crippen LogP contribution in [0.5, 0.6) is 0 Å². The summed E-state index contributed by atoms with van der Waals surface area (Å²) in [5, 5.41) is 0. The van der Waals surface area contributed by atoms with Crippen LogP contribution in [0.3, 0.4) is 0 Å². The highest BCUT2D eigenvalue weighted by Gasteiger charge is 2.37. The van der Waals surface area contributed by atoms with E-state index in [1.165, 1.54) is 18.5 Å². The Bertz CT molecular complexity index is 419. The minimum absolute atomic E-state index is 0.261. The van der Waals surface area contributed by atoms with Crippen LogP contribution in [-0.2, 0) is 4.74 Å². The number of hydrogen-bond donors (Lipinski definition) is 1. The van der Waals surface area contributed by atoms with Crippen LogP contribution in [0.4, 0.5) is 0 Å². The molecular formula is C14H24N4O. The number of hydrogen-bond acceptors (Lipinski definition) is 4. The molecule has 1 aromatic rings. The first-order valence-corrected chi connectivity index (χ1v) is 7.30. The van der Waals surface area contributed by atoms with Crippen LogP contribution < -0.4 is 5.73 Å². The van der Waals surface area contributed by atoms with Crippen molar-refractivity contribution >= 4 is 0 Å². The van der Waals surface area contributed by atoms with E-state index in [-0.39, 0.29) is 6.04 Å². The molecule has 106 valence electrons. The third kappa shape index (κ3) is 2.42. The number of morpholine rings is 1. The number of likely N-dealkylation sites (tertiary alicyclic amines) is 1. The lowest BCUT2D eigenvalue weighted by molar-refractivity contribution is -0.0531. The Morgan fingerprint density at radius 1 is 1.37 bits per heavy atom. The third-order valence-electron chi connectivity index (χ3n) is 4.33. The van der Waals surface area contributed by atoms with Crippen molar-refractivity contribution in [1.29, 1.82) is 0 Å². The Morgan fingerprint density at radius 2 is 2.05 bits per heavy atom. The summed E-state index contributed by atoms with van der Waals surface area (Å²) >= 11 is 0. The van der Waals surface area contributed by atoms with Crippen LogP contribution in [0.1, 0.15) is 44.5 Å². The second kappa shape index (κ2) is 5.23. The van der Waals surface area contributed by atoms with E-state index in [0.717, 1.165) is 13.1 Å². The molecule has 3 unspecified atom stereocenters. The highest BCUT2D eigenvalue weighted by molar-refractivity contribution is 5.09. The van der Waals surface area contributed by atoms with Crippen molar-refractivity contribution in [3.05, 3.63) is 18.2 Å². The minimum Gasteiger partial charge on any atom is -0.372 e. The third-order valence-corrected chi connectivity index (χ3v) is 4.33. The van der Waals surface area contributed by atoms with Crippen molar-refractivity contribution in [1.82, 2.24) is 14.5 Å².